The Morgan fingerprint density at radius 3 is 2.76 bits per heavy atom. The van der Waals surface area contributed by atoms with Crippen LogP contribution in [0.2, 0.25) is 10.4 Å². The summed E-state index contributed by atoms with van der Waals surface area (Å²) in [5, 5.41) is 2.79. The highest BCUT2D eigenvalue weighted by Gasteiger charge is 2.16. The molecular weight excluding hydrogens is 263 g/mol. The zero-order valence-electron chi connectivity index (χ0n) is 9.41. The Labute approximate surface area is 110 Å². The maximum absolute atomic E-state index is 11.8. The number of aromatic nitrogens is 2. The fourth-order valence-corrected chi connectivity index (χ4v) is 1.80. The summed E-state index contributed by atoms with van der Waals surface area (Å²) >= 11 is 11.3. The Kier molecular flexibility index (Phi) is 5.61. The van der Waals surface area contributed by atoms with E-state index < -0.39 is 0 Å². The molecule has 1 aromatic heterocycles. The summed E-state index contributed by atoms with van der Waals surface area (Å²) in [7, 11) is 0. The van der Waals surface area contributed by atoms with Crippen LogP contribution in [-0.4, -0.2) is 22.4 Å². The molecule has 7 heteroatoms. The van der Waals surface area contributed by atoms with Crippen LogP contribution in [0.3, 0.4) is 0 Å². The molecule has 5 nitrogen and oxygen atoms in total. The van der Waals surface area contributed by atoms with Crippen LogP contribution in [0.4, 0.5) is 5.82 Å². The third-order valence-corrected chi connectivity index (χ3v) is 2.57. The molecule has 0 aromatic carbocycles. The van der Waals surface area contributed by atoms with Gasteiger partial charge in [-0.3, -0.25) is 4.79 Å². The number of nitrogens with zero attached hydrogens (tertiary/aromatic N) is 2. The Hall–Kier alpha value is -0.910. The first kappa shape index (κ1) is 14.2. The lowest BCUT2D eigenvalue weighted by Crippen LogP contribution is -2.29. The molecule has 17 heavy (non-hydrogen) atoms. The topological polar surface area (TPSA) is 80.9 Å². The van der Waals surface area contributed by atoms with Gasteiger partial charge < -0.3 is 11.1 Å². The van der Waals surface area contributed by atoms with E-state index in [9.17, 15) is 4.79 Å². The van der Waals surface area contributed by atoms with Gasteiger partial charge in [0, 0.05) is 12.6 Å². The third-order valence-electron chi connectivity index (χ3n) is 2.21. The molecule has 1 rings (SSSR count). The van der Waals surface area contributed by atoms with Gasteiger partial charge in [0.15, 0.2) is 0 Å². The van der Waals surface area contributed by atoms with Crippen molar-refractivity contribution in [1.29, 1.82) is 0 Å². The Balaban J connectivity index is 2.72. The number of anilines is 1. The fourth-order valence-electron chi connectivity index (χ4n) is 1.39. The molecule has 0 saturated carbocycles. The van der Waals surface area contributed by atoms with Gasteiger partial charge in [-0.1, -0.05) is 24.9 Å². The van der Waals surface area contributed by atoms with E-state index in [4.69, 9.17) is 28.9 Å². The van der Waals surface area contributed by atoms with Gasteiger partial charge in [-0.15, -0.1) is 0 Å². The predicted molar refractivity (Wildman–Crippen MR) is 68.1 cm³/mol. The van der Waals surface area contributed by atoms with Crippen molar-refractivity contribution in [2.45, 2.75) is 19.8 Å². The van der Waals surface area contributed by atoms with Crippen LogP contribution < -0.4 is 11.1 Å². The summed E-state index contributed by atoms with van der Waals surface area (Å²) in [6.45, 7) is 2.29. The lowest BCUT2D eigenvalue weighted by Gasteiger charge is -2.13. The normalized spacial score (nSPS) is 12.2. The molecule has 0 fully saturated rings. The van der Waals surface area contributed by atoms with Crippen LogP contribution >= 0.6 is 23.2 Å². The first-order valence-corrected chi connectivity index (χ1v) is 6.03. The maximum atomic E-state index is 11.8. The SMILES string of the molecule is CCCC(CN)C(=O)Nc1cc(Cl)nc(Cl)n1. The summed E-state index contributed by atoms with van der Waals surface area (Å²) in [4.78, 5) is 19.4. The van der Waals surface area contributed by atoms with Gasteiger partial charge in [0.25, 0.3) is 0 Å². The highest BCUT2D eigenvalue weighted by atomic mass is 35.5. The minimum absolute atomic E-state index is 0.00686. The molecule has 1 atom stereocenters. The van der Waals surface area contributed by atoms with Crippen LogP contribution in [0, 0.1) is 5.92 Å². The summed E-state index contributed by atoms with van der Waals surface area (Å²) < 4.78 is 0. The van der Waals surface area contributed by atoms with E-state index >= 15 is 0 Å². The second kappa shape index (κ2) is 6.74. The van der Waals surface area contributed by atoms with E-state index in [0.29, 0.717) is 6.54 Å². The van der Waals surface area contributed by atoms with E-state index in [1.54, 1.807) is 0 Å². The number of carbonyl (C=O) groups is 1. The molecule has 1 amide bonds. The second-order valence-electron chi connectivity index (χ2n) is 3.56. The van der Waals surface area contributed by atoms with E-state index in [1.165, 1.54) is 6.07 Å². The standard InChI is InChI=1S/C10H14Cl2N4O/c1-2-3-6(5-13)9(17)15-8-4-7(11)14-10(12)16-8/h4,6H,2-3,5,13H2,1H3,(H,14,15,16,17). The molecule has 1 heterocycles. The number of halogens is 2. The summed E-state index contributed by atoms with van der Waals surface area (Å²) in [5.74, 6) is -0.123. The van der Waals surface area contributed by atoms with Gasteiger partial charge in [-0.05, 0) is 18.0 Å². The fraction of sp³-hybridized carbons (Fsp3) is 0.500. The van der Waals surface area contributed by atoms with E-state index in [0.717, 1.165) is 12.8 Å². The van der Waals surface area contributed by atoms with Crippen LogP contribution in [0.25, 0.3) is 0 Å². The smallest absolute Gasteiger partial charge is 0.229 e. The average molecular weight is 277 g/mol. The Morgan fingerprint density at radius 2 is 2.24 bits per heavy atom. The summed E-state index contributed by atoms with van der Waals surface area (Å²) in [6, 6.07) is 1.44. The van der Waals surface area contributed by atoms with Crippen molar-refractivity contribution in [2.24, 2.45) is 11.7 Å². The van der Waals surface area contributed by atoms with Crippen LogP contribution in [0.1, 0.15) is 19.8 Å². The van der Waals surface area contributed by atoms with Crippen molar-refractivity contribution >= 4 is 34.9 Å². The molecule has 0 aliphatic carbocycles. The number of amides is 1. The molecule has 1 unspecified atom stereocenters. The van der Waals surface area contributed by atoms with Gasteiger partial charge >= 0.3 is 0 Å². The Bertz CT molecular complexity index is 380. The molecule has 0 spiro atoms. The van der Waals surface area contributed by atoms with Crippen molar-refractivity contribution < 1.29 is 4.79 Å². The number of carbonyl (C=O) groups excluding carboxylic acids is 1. The predicted octanol–water partition coefficient (Wildman–Crippen LogP) is 2.10. The number of rotatable bonds is 5. The zero-order chi connectivity index (χ0) is 12.8. The highest BCUT2D eigenvalue weighted by molar-refractivity contribution is 6.32. The molecule has 0 bridgehead atoms. The molecule has 0 aliphatic heterocycles. The highest BCUT2D eigenvalue weighted by Crippen LogP contribution is 2.15. The van der Waals surface area contributed by atoms with Gasteiger partial charge in [0.2, 0.25) is 11.2 Å². The zero-order valence-corrected chi connectivity index (χ0v) is 10.9. The molecular formula is C10H14Cl2N4O. The monoisotopic (exact) mass is 276 g/mol. The quantitative estimate of drug-likeness (QED) is 0.638. The molecule has 0 radical (unpaired) electrons. The third kappa shape index (κ3) is 4.46. The molecule has 94 valence electrons. The van der Waals surface area contributed by atoms with Crippen molar-refractivity contribution in [3.63, 3.8) is 0 Å². The van der Waals surface area contributed by atoms with Crippen molar-refractivity contribution in [3.05, 3.63) is 16.5 Å². The molecule has 0 saturated heterocycles. The Morgan fingerprint density at radius 1 is 1.53 bits per heavy atom. The van der Waals surface area contributed by atoms with Gasteiger partial charge in [-0.2, -0.15) is 0 Å². The molecule has 3 N–H and O–H groups in total. The minimum Gasteiger partial charge on any atom is -0.330 e. The van der Waals surface area contributed by atoms with Gasteiger partial charge in [0.1, 0.15) is 11.0 Å². The van der Waals surface area contributed by atoms with E-state index in [2.05, 4.69) is 15.3 Å². The van der Waals surface area contributed by atoms with Crippen molar-refractivity contribution in [2.75, 3.05) is 11.9 Å². The average Bonchev–Trinajstić information content (AvgIpc) is 2.24. The summed E-state index contributed by atoms with van der Waals surface area (Å²) in [6.07, 6.45) is 1.62. The first-order valence-electron chi connectivity index (χ1n) is 5.27. The maximum Gasteiger partial charge on any atom is 0.229 e. The number of hydrogen-bond donors (Lipinski definition) is 2. The van der Waals surface area contributed by atoms with Gasteiger partial charge in [0.05, 0.1) is 5.92 Å². The first-order chi connectivity index (χ1) is 8.06. The lowest BCUT2D eigenvalue weighted by atomic mass is 10.0. The van der Waals surface area contributed by atoms with E-state index in [-0.39, 0.29) is 28.1 Å². The lowest BCUT2D eigenvalue weighted by molar-refractivity contribution is -0.119. The number of nitrogens with two attached hydrogens (primary N) is 1. The minimum atomic E-state index is -0.229. The van der Waals surface area contributed by atoms with Gasteiger partial charge in [-0.25, -0.2) is 9.97 Å². The largest absolute Gasteiger partial charge is 0.330 e. The van der Waals surface area contributed by atoms with Crippen molar-refractivity contribution in [3.8, 4) is 0 Å². The summed E-state index contributed by atoms with van der Waals surface area (Å²) in [5.41, 5.74) is 5.53. The van der Waals surface area contributed by atoms with Crippen molar-refractivity contribution in [1.82, 2.24) is 9.97 Å². The van der Waals surface area contributed by atoms with Crippen LogP contribution in [0.5, 0.6) is 0 Å². The number of nitrogens with one attached hydrogen (secondary N) is 1. The molecule has 0 aliphatic rings. The molecule has 1 aromatic rings. The van der Waals surface area contributed by atoms with Crippen LogP contribution in [-0.2, 0) is 4.79 Å². The second-order valence-corrected chi connectivity index (χ2v) is 4.28. The van der Waals surface area contributed by atoms with Crippen LogP contribution in [0.15, 0.2) is 6.07 Å². The number of hydrogen-bond acceptors (Lipinski definition) is 4. The van der Waals surface area contributed by atoms with E-state index in [1.807, 2.05) is 6.92 Å².